The molecule has 0 saturated carbocycles. The van der Waals surface area contributed by atoms with Crippen molar-refractivity contribution in [1.29, 1.82) is 0 Å². The Labute approximate surface area is 94.4 Å². The lowest BCUT2D eigenvalue weighted by molar-refractivity contribution is 0.481. The van der Waals surface area contributed by atoms with Gasteiger partial charge in [0.05, 0.1) is 6.54 Å². The van der Waals surface area contributed by atoms with Crippen molar-refractivity contribution >= 4 is 17.8 Å². The molecule has 0 aliphatic carbocycles. The van der Waals surface area contributed by atoms with Gasteiger partial charge >= 0.3 is 6.01 Å². The van der Waals surface area contributed by atoms with Crippen LogP contribution in [0.4, 0.5) is 6.01 Å². The molecule has 6 heteroatoms. The van der Waals surface area contributed by atoms with Crippen molar-refractivity contribution in [3.05, 3.63) is 5.89 Å². The van der Waals surface area contributed by atoms with Gasteiger partial charge in [-0.25, -0.2) is 0 Å². The van der Waals surface area contributed by atoms with Crippen LogP contribution in [0.2, 0.25) is 0 Å². The van der Waals surface area contributed by atoms with Gasteiger partial charge in [0.2, 0.25) is 5.89 Å². The number of rotatable bonds is 7. The zero-order chi connectivity index (χ0) is 11.1. The second kappa shape index (κ2) is 6.68. The lowest BCUT2D eigenvalue weighted by Crippen LogP contribution is -2.12. The van der Waals surface area contributed by atoms with Crippen molar-refractivity contribution in [2.24, 2.45) is 0 Å². The molecule has 0 saturated heterocycles. The first-order chi connectivity index (χ1) is 7.26. The molecule has 5 nitrogen and oxygen atoms in total. The maximum absolute atomic E-state index is 5.38. The highest BCUT2D eigenvalue weighted by atomic mass is 32.2. The Morgan fingerprint density at radius 1 is 1.47 bits per heavy atom. The molecule has 2 N–H and O–H groups in total. The van der Waals surface area contributed by atoms with Crippen molar-refractivity contribution in [1.82, 2.24) is 15.5 Å². The van der Waals surface area contributed by atoms with Crippen LogP contribution in [0.1, 0.15) is 19.7 Å². The van der Waals surface area contributed by atoms with Gasteiger partial charge in [-0.05, 0) is 12.8 Å². The predicted octanol–water partition coefficient (Wildman–Crippen LogP) is 1.34. The molecule has 0 spiro atoms. The van der Waals surface area contributed by atoms with Gasteiger partial charge in [0.25, 0.3) is 0 Å². The largest absolute Gasteiger partial charge is 0.407 e. The van der Waals surface area contributed by atoms with Crippen molar-refractivity contribution < 1.29 is 4.42 Å². The van der Waals surface area contributed by atoms with Gasteiger partial charge in [0.1, 0.15) is 0 Å². The van der Waals surface area contributed by atoms with Gasteiger partial charge in [-0.15, -0.1) is 5.10 Å². The Balaban J connectivity index is 2.32. The van der Waals surface area contributed by atoms with Gasteiger partial charge in [-0.2, -0.15) is 11.8 Å². The van der Waals surface area contributed by atoms with Crippen LogP contribution in [0.25, 0.3) is 0 Å². The van der Waals surface area contributed by atoms with E-state index < -0.39 is 0 Å². The Morgan fingerprint density at radius 2 is 2.27 bits per heavy atom. The molecule has 0 aliphatic heterocycles. The lowest BCUT2D eigenvalue weighted by Gasteiger charge is -2.06. The maximum atomic E-state index is 5.38. The quantitative estimate of drug-likeness (QED) is 0.737. The summed E-state index contributed by atoms with van der Waals surface area (Å²) >= 11 is 1.80. The molecule has 1 atom stereocenters. The highest BCUT2D eigenvalue weighted by molar-refractivity contribution is 7.99. The molecule has 86 valence electrons. The van der Waals surface area contributed by atoms with E-state index in [1.165, 1.54) is 0 Å². The number of aromatic nitrogens is 2. The predicted molar refractivity (Wildman–Crippen MR) is 63.1 cm³/mol. The third kappa shape index (κ3) is 4.53. The van der Waals surface area contributed by atoms with E-state index in [-0.39, 0.29) is 0 Å². The third-order valence-corrected chi connectivity index (χ3v) is 2.91. The van der Waals surface area contributed by atoms with Crippen LogP contribution in [0.15, 0.2) is 4.42 Å². The minimum Gasteiger partial charge on any atom is -0.407 e. The smallest absolute Gasteiger partial charge is 0.315 e. The maximum Gasteiger partial charge on any atom is 0.315 e. The number of nitrogens with one attached hydrogen (secondary N) is 2. The van der Waals surface area contributed by atoms with Crippen LogP contribution in [0.5, 0.6) is 0 Å². The molecule has 0 aliphatic rings. The second-order valence-electron chi connectivity index (χ2n) is 3.21. The average Bonchev–Trinajstić information content (AvgIpc) is 2.71. The van der Waals surface area contributed by atoms with E-state index >= 15 is 0 Å². The molecule has 0 aromatic carbocycles. The van der Waals surface area contributed by atoms with E-state index in [9.17, 15) is 0 Å². The fourth-order valence-corrected chi connectivity index (χ4v) is 1.19. The normalized spacial score (nSPS) is 12.7. The summed E-state index contributed by atoms with van der Waals surface area (Å²) in [6, 6.07) is 0.504. The van der Waals surface area contributed by atoms with Gasteiger partial charge in [-0.1, -0.05) is 18.9 Å². The Hall–Kier alpha value is -0.750. The number of hydrogen-bond donors (Lipinski definition) is 2. The SMILES string of the molecule is CCNCc1nnc(NCC(C)SC)o1. The molecule has 1 aromatic heterocycles. The Kier molecular flexibility index (Phi) is 5.49. The van der Waals surface area contributed by atoms with Crippen molar-refractivity contribution in [3.63, 3.8) is 0 Å². The lowest BCUT2D eigenvalue weighted by atomic mass is 10.5. The van der Waals surface area contributed by atoms with E-state index in [1.54, 1.807) is 11.8 Å². The summed E-state index contributed by atoms with van der Waals surface area (Å²) < 4.78 is 5.38. The first-order valence-electron chi connectivity index (χ1n) is 5.06. The number of hydrogen-bond acceptors (Lipinski definition) is 6. The van der Waals surface area contributed by atoms with Crippen LogP contribution in [0, 0.1) is 0 Å². The van der Waals surface area contributed by atoms with Crippen LogP contribution < -0.4 is 10.6 Å². The molecule has 0 amide bonds. The highest BCUT2D eigenvalue weighted by Crippen LogP contribution is 2.08. The zero-order valence-corrected chi connectivity index (χ0v) is 10.2. The number of nitrogens with zero attached hydrogens (tertiary/aromatic N) is 2. The minimum absolute atomic E-state index is 0.504. The van der Waals surface area contributed by atoms with Gasteiger partial charge in [-0.3, -0.25) is 0 Å². The second-order valence-corrected chi connectivity index (χ2v) is 4.48. The third-order valence-electron chi connectivity index (χ3n) is 1.94. The van der Waals surface area contributed by atoms with Gasteiger partial charge < -0.3 is 15.1 Å². The van der Waals surface area contributed by atoms with E-state index in [2.05, 4.69) is 34.0 Å². The van der Waals surface area contributed by atoms with Crippen LogP contribution in [0.3, 0.4) is 0 Å². The summed E-state index contributed by atoms with van der Waals surface area (Å²) in [7, 11) is 0. The van der Waals surface area contributed by atoms with E-state index in [0.717, 1.165) is 13.1 Å². The first-order valence-corrected chi connectivity index (χ1v) is 6.34. The summed E-state index contributed by atoms with van der Waals surface area (Å²) in [5.41, 5.74) is 0. The topological polar surface area (TPSA) is 63.0 Å². The molecule has 1 unspecified atom stereocenters. The molecule has 1 heterocycles. The summed E-state index contributed by atoms with van der Waals surface area (Å²) in [6.07, 6.45) is 2.08. The van der Waals surface area contributed by atoms with E-state index in [4.69, 9.17) is 4.42 Å². The van der Waals surface area contributed by atoms with E-state index in [1.807, 2.05) is 6.92 Å². The molecule has 0 fully saturated rings. The standard InChI is InChI=1S/C9H18N4OS/c1-4-10-6-8-12-13-9(14-8)11-5-7(2)15-3/h7,10H,4-6H2,1-3H3,(H,11,13). The molecule has 0 bridgehead atoms. The van der Waals surface area contributed by atoms with Crippen LogP contribution in [-0.4, -0.2) is 34.8 Å². The molecule has 15 heavy (non-hydrogen) atoms. The summed E-state index contributed by atoms with van der Waals surface area (Å²) in [5, 5.41) is 14.6. The summed E-state index contributed by atoms with van der Waals surface area (Å²) in [6.45, 7) is 6.55. The first kappa shape index (κ1) is 12.3. The number of anilines is 1. The Bertz CT molecular complexity index is 279. The van der Waals surface area contributed by atoms with Crippen molar-refractivity contribution in [2.45, 2.75) is 25.6 Å². The van der Waals surface area contributed by atoms with Crippen molar-refractivity contribution in [3.8, 4) is 0 Å². The molecular formula is C9H18N4OS. The van der Waals surface area contributed by atoms with Crippen molar-refractivity contribution in [2.75, 3.05) is 24.7 Å². The van der Waals surface area contributed by atoms with Gasteiger partial charge in [0.15, 0.2) is 0 Å². The summed E-state index contributed by atoms with van der Waals surface area (Å²) in [5.74, 6) is 0.621. The fraction of sp³-hybridized carbons (Fsp3) is 0.778. The van der Waals surface area contributed by atoms with Crippen LogP contribution >= 0.6 is 11.8 Å². The molecular weight excluding hydrogens is 212 g/mol. The van der Waals surface area contributed by atoms with Crippen LogP contribution in [-0.2, 0) is 6.54 Å². The minimum atomic E-state index is 0.504. The van der Waals surface area contributed by atoms with E-state index in [0.29, 0.717) is 23.7 Å². The number of thioether (sulfide) groups is 1. The monoisotopic (exact) mass is 230 g/mol. The molecule has 1 aromatic rings. The molecule has 1 rings (SSSR count). The summed E-state index contributed by atoms with van der Waals surface area (Å²) in [4.78, 5) is 0. The van der Waals surface area contributed by atoms with Gasteiger partial charge in [0, 0.05) is 11.8 Å². The average molecular weight is 230 g/mol. The fourth-order valence-electron chi connectivity index (χ4n) is 0.943. The Morgan fingerprint density at radius 3 is 2.93 bits per heavy atom. The zero-order valence-electron chi connectivity index (χ0n) is 9.41. The molecule has 0 radical (unpaired) electrons. The highest BCUT2D eigenvalue weighted by Gasteiger charge is 2.06.